The maximum atomic E-state index is 13.5. The van der Waals surface area contributed by atoms with E-state index in [4.69, 9.17) is 9.47 Å². The number of aromatic nitrogens is 4. The molecule has 8 rings (SSSR count). The van der Waals surface area contributed by atoms with E-state index in [9.17, 15) is 36.3 Å². The van der Waals surface area contributed by atoms with Crippen molar-refractivity contribution in [2.24, 2.45) is 14.1 Å². The first-order valence-corrected chi connectivity index (χ1v) is 29.5. The summed E-state index contributed by atoms with van der Waals surface area (Å²) in [6, 6.07) is 17.6. The Bertz CT molecular complexity index is 3780. The van der Waals surface area contributed by atoms with E-state index in [1.54, 1.807) is 94.0 Å². The molecule has 1 unspecified atom stereocenters. The van der Waals surface area contributed by atoms with Gasteiger partial charge in [-0.2, -0.15) is 0 Å². The van der Waals surface area contributed by atoms with Gasteiger partial charge in [0.25, 0.3) is 11.8 Å². The van der Waals surface area contributed by atoms with Gasteiger partial charge in [0.15, 0.2) is 23.1 Å². The van der Waals surface area contributed by atoms with Gasteiger partial charge in [-0.1, -0.05) is 53.7 Å². The molecular formula is C56H72N14O10S2. The van der Waals surface area contributed by atoms with E-state index < -0.39 is 38.0 Å². The number of Topliss-reactive ketones (excluding diaryl/α,β-unsaturated/α-hetero) is 1. The summed E-state index contributed by atoms with van der Waals surface area (Å²) in [5.74, 6) is 0.341. The highest BCUT2D eigenvalue weighted by Gasteiger charge is 2.28. The lowest BCUT2D eigenvalue weighted by molar-refractivity contribution is 0.0996. The number of aliphatic hydroxyl groups excluding tert-OH is 1. The fourth-order valence-electron chi connectivity index (χ4n) is 8.91. The number of hydrogen-bond acceptors (Lipinski definition) is 18. The molecule has 0 fully saturated rings. The standard InChI is InChI=1S/C28H37N7O5S.C28H35N7O5S/c2*1-16-9-10-18(11-23(16)35-15-22(31-33-35)24-14-29-26(17(2)36)34(24)6)27(37)30-20-12-19(28(3,4)5)13-21(25(20)40-7)32-41(8,38)39/h9-15,17,31-33,36H,1-8H3,(H,30,37);9-15,31-33H,1-8H3,(H,30,37). The summed E-state index contributed by atoms with van der Waals surface area (Å²) in [5, 5.41) is 19.2. The molecule has 2 aliphatic heterocycles. The molecule has 4 aromatic carbocycles. The highest BCUT2D eigenvalue weighted by atomic mass is 32.2. The fourth-order valence-corrected chi connectivity index (χ4v) is 10.0. The number of nitrogens with zero attached hydrogens (tertiary/aromatic N) is 6. The quantitative estimate of drug-likeness (QED) is 0.0432. The van der Waals surface area contributed by atoms with Gasteiger partial charge in [-0.15, -0.1) is 11.1 Å². The number of amides is 2. The number of benzene rings is 4. The van der Waals surface area contributed by atoms with Gasteiger partial charge >= 0.3 is 0 Å². The zero-order valence-electron chi connectivity index (χ0n) is 48.8. The number of rotatable bonds is 16. The molecule has 2 aliphatic rings. The van der Waals surface area contributed by atoms with Gasteiger partial charge in [-0.25, -0.2) is 26.8 Å². The number of hydrazine groups is 4. The normalized spacial score (nSPS) is 13.9. The van der Waals surface area contributed by atoms with Crippen LogP contribution in [-0.2, 0) is 45.0 Å². The molecule has 2 amide bonds. The Morgan fingerprint density at radius 1 is 0.622 bits per heavy atom. The Hall–Kier alpha value is -8.43. The lowest BCUT2D eigenvalue weighted by Gasteiger charge is -2.24. The van der Waals surface area contributed by atoms with Crippen LogP contribution in [0.3, 0.4) is 0 Å². The van der Waals surface area contributed by atoms with Crippen molar-refractivity contribution in [3.63, 3.8) is 0 Å². The molecule has 0 radical (unpaired) electrons. The van der Waals surface area contributed by atoms with E-state index in [0.717, 1.165) is 51.8 Å². The minimum atomic E-state index is -3.61. The summed E-state index contributed by atoms with van der Waals surface area (Å²) >= 11 is 0. The van der Waals surface area contributed by atoms with Crippen LogP contribution >= 0.6 is 0 Å². The van der Waals surface area contributed by atoms with Crippen molar-refractivity contribution < 1.29 is 45.8 Å². The molecule has 0 saturated carbocycles. The van der Waals surface area contributed by atoms with Crippen LogP contribution < -0.4 is 61.5 Å². The molecule has 2 aromatic heterocycles. The molecule has 9 N–H and O–H groups in total. The largest absolute Gasteiger partial charge is 0.492 e. The molecule has 438 valence electrons. The number of sulfonamides is 2. The molecule has 24 nitrogen and oxygen atoms in total. The number of nitrogens with one attached hydrogen (secondary N) is 8. The molecule has 6 aromatic rings. The SMILES string of the molecule is COc1c(NC(=O)c2ccc(C)c(N3C=C(c4cnc(C(C)=O)n4C)NN3)c2)cc(C(C)(C)C)cc1NS(C)(=O)=O.COc1c(NC(=O)c2ccc(C)c(N3C=C(c4cnc(C(C)O)n4C)NN3)c2)cc(C(C)(C)C)cc1NS(C)(=O)=O. The van der Waals surface area contributed by atoms with Crippen molar-refractivity contribution in [3.8, 4) is 11.5 Å². The Labute approximate surface area is 478 Å². The number of anilines is 6. The smallest absolute Gasteiger partial charge is 0.255 e. The zero-order chi connectivity index (χ0) is 60.6. The summed E-state index contributed by atoms with van der Waals surface area (Å²) < 4.78 is 67.8. The minimum absolute atomic E-state index is 0.138. The molecule has 82 heavy (non-hydrogen) atoms. The number of ketones is 1. The van der Waals surface area contributed by atoms with Crippen LogP contribution in [0.25, 0.3) is 11.4 Å². The number of imidazole rings is 2. The summed E-state index contributed by atoms with van der Waals surface area (Å²) in [4.78, 5) is 47.3. The number of carbonyl (C=O) groups excluding carboxylic acids is 3. The van der Waals surface area contributed by atoms with Gasteiger partial charge in [0, 0.05) is 32.1 Å². The first-order valence-electron chi connectivity index (χ1n) is 25.7. The van der Waals surface area contributed by atoms with E-state index in [1.807, 2.05) is 87.0 Å². The Morgan fingerprint density at radius 3 is 1.35 bits per heavy atom. The van der Waals surface area contributed by atoms with E-state index in [2.05, 4.69) is 52.0 Å². The first-order chi connectivity index (χ1) is 38.2. The van der Waals surface area contributed by atoms with Crippen molar-refractivity contribution in [1.29, 1.82) is 0 Å². The number of aryl methyl sites for hydroxylation is 2. The van der Waals surface area contributed by atoms with Gasteiger partial charge in [-0.05, 0) is 102 Å². The van der Waals surface area contributed by atoms with Crippen molar-refractivity contribution in [2.75, 3.05) is 56.8 Å². The molecule has 0 bridgehead atoms. The predicted molar refractivity (Wildman–Crippen MR) is 319 cm³/mol. The molecule has 1 atom stereocenters. The second-order valence-corrected chi connectivity index (χ2v) is 25.5. The van der Waals surface area contributed by atoms with E-state index in [-0.39, 0.29) is 39.5 Å². The van der Waals surface area contributed by atoms with Crippen LogP contribution in [0.1, 0.15) is 132 Å². The maximum absolute atomic E-state index is 13.5. The Morgan fingerprint density at radius 2 is 1.01 bits per heavy atom. The first kappa shape index (κ1) is 61.2. The lowest BCUT2D eigenvalue weighted by Crippen LogP contribution is -2.36. The predicted octanol–water partition coefficient (Wildman–Crippen LogP) is 7.23. The number of aliphatic hydroxyl groups is 1. The summed E-state index contributed by atoms with van der Waals surface area (Å²) in [6.45, 7) is 18.9. The third-order valence-corrected chi connectivity index (χ3v) is 14.4. The van der Waals surface area contributed by atoms with Crippen molar-refractivity contribution in [2.45, 2.75) is 86.2 Å². The summed E-state index contributed by atoms with van der Waals surface area (Å²) in [5.41, 5.74) is 21.3. The highest BCUT2D eigenvalue weighted by Crippen LogP contribution is 2.41. The van der Waals surface area contributed by atoms with Crippen molar-refractivity contribution in [3.05, 3.63) is 142 Å². The third-order valence-electron chi connectivity index (χ3n) is 13.3. The van der Waals surface area contributed by atoms with Crippen LogP contribution in [0.2, 0.25) is 0 Å². The lowest BCUT2D eigenvalue weighted by atomic mass is 9.86. The van der Waals surface area contributed by atoms with Crippen LogP contribution in [0, 0.1) is 13.8 Å². The third kappa shape index (κ3) is 14.0. The van der Waals surface area contributed by atoms with Gasteiger partial charge in [0.1, 0.15) is 11.9 Å². The zero-order valence-corrected chi connectivity index (χ0v) is 50.4. The molecular weight excluding hydrogens is 1090 g/mol. The van der Waals surface area contributed by atoms with Crippen LogP contribution in [0.15, 0.2) is 85.5 Å². The second-order valence-electron chi connectivity index (χ2n) is 22.0. The van der Waals surface area contributed by atoms with Gasteiger partial charge < -0.3 is 34.3 Å². The van der Waals surface area contributed by atoms with E-state index in [0.29, 0.717) is 51.2 Å². The van der Waals surface area contributed by atoms with Gasteiger partial charge in [0.2, 0.25) is 20.0 Å². The average Bonchev–Trinajstić information content (AvgIpc) is 4.35. The topological polar surface area (TPSA) is 297 Å². The Kier molecular flexibility index (Phi) is 17.6. The van der Waals surface area contributed by atoms with Crippen LogP contribution in [-0.4, -0.2) is 85.4 Å². The van der Waals surface area contributed by atoms with Gasteiger partial charge in [0.05, 0.1) is 108 Å². The number of carbonyl (C=O) groups is 3. The molecule has 0 saturated heterocycles. The second kappa shape index (κ2) is 23.6. The number of hydrogen-bond donors (Lipinski definition) is 9. The summed E-state index contributed by atoms with van der Waals surface area (Å²) in [6.07, 6.45) is 8.34. The number of ether oxygens (including phenoxy) is 2. The van der Waals surface area contributed by atoms with E-state index in [1.165, 1.54) is 21.1 Å². The monoisotopic (exact) mass is 1160 g/mol. The average molecular weight is 1170 g/mol. The molecule has 0 spiro atoms. The highest BCUT2D eigenvalue weighted by molar-refractivity contribution is 7.92. The maximum Gasteiger partial charge on any atom is 0.255 e. The Balaban J connectivity index is 0.000000236. The van der Waals surface area contributed by atoms with Gasteiger partial charge in [-0.3, -0.25) is 44.7 Å². The van der Waals surface area contributed by atoms with E-state index >= 15 is 0 Å². The van der Waals surface area contributed by atoms with Crippen LogP contribution in [0.5, 0.6) is 11.5 Å². The van der Waals surface area contributed by atoms with Crippen molar-refractivity contribution in [1.82, 2.24) is 41.0 Å². The molecule has 0 aliphatic carbocycles. The van der Waals surface area contributed by atoms with Crippen LogP contribution in [0.4, 0.5) is 34.1 Å². The fraction of sp³-hybridized carbons (Fsp3) is 0.339. The number of methoxy groups -OCH3 is 2. The summed E-state index contributed by atoms with van der Waals surface area (Å²) in [7, 11) is -0.792. The molecule has 4 heterocycles. The molecule has 26 heteroatoms. The van der Waals surface area contributed by atoms with Crippen molar-refractivity contribution >= 4 is 83.2 Å². The minimum Gasteiger partial charge on any atom is -0.492 e.